The molecule has 0 unspecified atom stereocenters. The standard InChI is InChI=1S/C18H36O2.C16H36P/c1-2-3-4-5-6-7-8-9-10-11-12-13-14-15-16-17-18(19)20;1-5-9-13-17(14-10-6-2,15-11-7-3)16-12-8-4/h2-17H2,1H3,(H,19,20);5-16H2,1-4H3/q;+1/p-1. The number of carbonyl (C=O) groups excluding carboxylic acids is 1. The first-order valence-electron chi connectivity index (χ1n) is 17.1. The number of carboxylic acids is 1. The van der Waals surface area contributed by atoms with Gasteiger partial charge in [-0.15, -0.1) is 0 Å². The third kappa shape index (κ3) is 30.3. The highest BCUT2D eigenvalue weighted by Crippen LogP contribution is 2.61. The Kier molecular flexibility index (Phi) is 33.9. The lowest BCUT2D eigenvalue weighted by Gasteiger charge is -2.28. The van der Waals surface area contributed by atoms with E-state index in [0.29, 0.717) is 0 Å². The molecule has 3 heteroatoms. The van der Waals surface area contributed by atoms with Gasteiger partial charge in [0.15, 0.2) is 0 Å². The molecule has 0 N–H and O–H groups in total. The monoisotopic (exact) mass is 543 g/mol. The van der Waals surface area contributed by atoms with Crippen molar-refractivity contribution in [1.29, 1.82) is 0 Å². The van der Waals surface area contributed by atoms with Crippen molar-refractivity contribution in [1.82, 2.24) is 0 Å². The van der Waals surface area contributed by atoms with Crippen LogP contribution in [0, 0.1) is 0 Å². The first-order valence-corrected chi connectivity index (χ1v) is 19.6. The van der Waals surface area contributed by atoms with Crippen LogP contribution in [0.25, 0.3) is 0 Å². The average molecular weight is 543 g/mol. The van der Waals surface area contributed by atoms with Crippen molar-refractivity contribution in [3.63, 3.8) is 0 Å². The molecule has 0 bridgehead atoms. The summed E-state index contributed by atoms with van der Waals surface area (Å²) in [7, 11) is -0.562. The Morgan fingerprint density at radius 1 is 0.405 bits per heavy atom. The quantitative estimate of drug-likeness (QED) is 0.0728. The predicted molar refractivity (Wildman–Crippen MR) is 171 cm³/mol. The van der Waals surface area contributed by atoms with E-state index in [-0.39, 0.29) is 6.42 Å². The molecule has 0 aliphatic carbocycles. The molecule has 0 radical (unpaired) electrons. The van der Waals surface area contributed by atoms with Gasteiger partial charge < -0.3 is 9.90 Å². The van der Waals surface area contributed by atoms with E-state index >= 15 is 0 Å². The van der Waals surface area contributed by atoms with Crippen LogP contribution in [0.1, 0.15) is 189 Å². The van der Waals surface area contributed by atoms with E-state index in [1.165, 1.54) is 135 Å². The summed E-state index contributed by atoms with van der Waals surface area (Å²) in [5.74, 6) is -0.903. The van der Waals surface area contributed by atoms with Gasteiger partial charge in [0.05, 0.1) is 24.6 Å². The Labute approximate surface area is 236 Å². The van der Waals surface area contributed by atoms with Crippen LogP contribution in [-0.4, -0.2) is 30.6 Å². The molecule has 0 aromatic carbocycles. The summed E-state index contributed by atoms with van der Waals surface area (Å²) in [6.07, 6.45) is 37.8. The minimum atomic E-state index is -0.903. The summed E-state index contributed by atoms with van der Waals surface area (Å²) < 4.78 is 0. The summed E-state index contributed by atoms with van der Waals surface area (Å²) in [6.45, 7) is 11.7. The maximum Gasteiger partial charge on any atom is 0.0594 e. The zero-order chi connectivity index (χ0) is 27.9. The molecule has 0 aliphatic rings. The van der Waals surface area contributed by atoms with Gasteiger partial charge in [0.25, 0.3) is 0 Å². The van der Waals surface area contributed by atoms with Crippen molar-refractivity contribution in [2.75, 3.05) is 24.6 Å². The van der Waals surface area contributed by atoms with E-state index < -0.39 is 13.2 Å². The Balaban J connectivity index is 0. The summed E-state index contributed by atoms with van der Waals surface area (Å²) in [5.41, 5.74) is 0. The van der Waals surface area contributed by atoms with Crippen LogP contribution in [0.15, 0.2) is 0 Å². The van der Waals surface area contributed by atoms with Crippen LogP contribution in [-0.2, 0) is 4.79 Å². The Morgan fingerprint density at radius 3 is 0.892 bits per heavy atom. The van der Waals surface area contributed by atoms with Crippen LogP contribution in [0.4, 0.5) is 0 Å². The van der Waals surface area contributed by atoms with Crippen molar-refractivity contribution in [3.8, 4) is 0 Å². The highest BCUT2D eigenvalue weighted by atomic mass is 31.2. The predicted octanol–water partition coefficient (Wildman–Crippen LogP) is 11.2. The molecule has 0 rings (SSSR count). The second kappa shape index (κ2) is 32.1. The molecule has 37 heavy (non-hydrogen) atoms. The maximum atomic E-state index is 10.2. The van der Waals surface area contributed by atoms with Crippen molar-refractivity contribution in [3.05, 3.63) is 0 Å². The molecule has 224 valence electrons. The summed E-state index contributed by atoms with van der Waals surface area (Å²) in [6, 6.07) is 0. The highest BCUT2D eigenvalue weighted by Gasteiger charge is 2.34. The first kappa shape index (κ1) is 39.0. The largest absolute Gasteiger partial charge is 0.550 e. The van der Waals surface area contributed by atoms with Crippen molar-refractivity contribution < 1.29 is 9.90 Å². The second-order valence-corrected chi connectivity index (χ2v) is 16.2. The Morgan fingerprint density at radius 2 is 0.649 bits per heavy atom. The van der Waals surface area contributed by atoms with E-state index in [0.717, 1.165) is 12.8 Å². The van der Waals surface area contributed by atoms with Crippen LogP contribution in [0.3, 0.4) is 0 Å². The first-order chi connectivity index (χ1) is 18.0. The fraction of sp³-hybridized carbons (Fsp3) is 0.971. The van der Waals surface area contributed by atoms with Crippen LogP contribution in [0.5, 0.6) is 0 Å². The number of hydrogen-bond donors (Lipinski definition) is 0. The fourth-order valence-corrected chi connectivity index (χ4v) is 10.6. The van der Waals surface area contributed by atoms with Gasteiger partial charge in [-0.25, -0.2) is 0 Å². The SMILES string of the molecule is CCCCCCCCCCCCCCCCCC(=O)[O-].CCCC[P+](CCCC)(CCCC)CCCC. The molecule has 0 atom stereocenters. The molecule has 0 aliphatic heterocycles. The second-order valence-electron chi connectivity index (χ2n) is 11.7. The smallest absolute Gasteiger partial charge is 0.0594 e. The number of aliphatic carboxylic acids is 1. The van der Waals surface area contributed by atoms with Gasteiger partial charge in [-0.05, 0) is 38.5 Å². The van der Waals surface area contributed by atoms with E-state index in [1.54, 1.807) is 24.6 Å². The third-order valence-corrected chi connectivity index (χ3v) is 13.0. The molecule has 0 aromatic rings. The molecule has 0 aromatic heterocycles. The number of unbranched alkanes of at least 4 members (excludes halogenated alkanes) is 18. The maximum absolute atomic E-state index is 10.2. The number of carbonyl (C=O) groups is 1. The topological polar surface area (TPSA) is 40.1 Å². The molecular formula is C34H71O2P. The Hall–Kier alpha value is -0.100. The van der Waals surface area contributed by atoms with Gasteiger partial charge in [-0.3, -0.25) is 0 Å². The van der Waals surface area contributed by atoms with Crippen LogP contribution < -0.4 is 5.11 Å². The summed E-state index contributed by atoms with van der Waals surface area (Å²) >= 11 is 0. The lowest BCUT2D eigenvalue weighted by Crippen LogP contribution is -2.21. The van der Waals surface area contributed by atoms with Gasteiger partial charge >= 0.3 is 0 Å². The highest BCUT2D eigenvalue weighted by molar-refractivity contribution is 7.75. The number of rotatable bonds is 28. The number of hydrogen-bond acceptors (Lipinski definition) is 2. The molecule has 0 heterocycles. The Bertz CT molecular complexity index is 400. The van der Waals surface area contributed by atoms with Gasteiger partial charge in [0.2, 0.25) is 0 Å². The van der Waals surface area contributed by atoms with Gasteiger partial charge in [-0.2, -0.15) is 0 Å². The lowest BCUT2D eigenvalue weighted by molar-refractivity contribution is -0.305. The minimum Gasteiger partial charge on any atom is -0.550 e. The molecule has 0 amide bonds. The van der Waals surface area contributed by atoms with E-state index in [1.807, 2.05) is 0 Å². The summed E-state index contributed by atoms with van der Waals surface area (Å²) in [4.78, 5) is 10.2. The van der Waals surface area contributed by atoms with Crippen molar-refractivity contribution in [2.45, 2.75) is 189 Å². The van der Waals surface area contributed by atoms with Crippen molar-refractivity contribution in [2.24, 2.45) is 0 Å². The molecule has 0 saturated carbocycles. The van der Waals surface area contributed by atoms with Crippen LogP contribution >= 0.6 is 7.26 Å². The molecule has 0 fully saturated rings. The molecule has 2 nitrogen and oxygen atoms in total. The molecule has 0 saturated heterocycles. The average Bonchev–Trinajstić information content (AvgIpc) is 2.90. The van der Waals surface area contributed by atoms with Gasteiger partial charge in [-0.1, -0.05) is 150 Å². The van der Waals surface area contributed by atoms with E-state index in [2.05, 4.69) is 34.6 Å². The fourth-order valence-electron chi connectivity index (χ4n) is 5.29. The summed E-state index contributed by atoms with van der Waals surface area (Å²) in [5, 5.41) is 10.2. The van der Waals surface area contributed by atoms with Gasteiger partial charge in [0, 0.05) is 13.2 Å². The molecule has 0 spiro atoms. The lowest BCUT2D eigenvalue weighted by atomic mass is 10.0. The van der Waals surface area contributed by atoms with E-state index in [9.17, 15) is 9.90 Å². The normalized spacial score (nSPS) is 11.4. The van der Waals surface area contributed by atoms with Crippen LogP contribution in [0.2, 0.25) is 0 Å². The number of carboxylic acid groups (broad SMARTS) is 1. The minimum absolute atomic E-state index is 0.234. The zero-order valence-corrected chi connectivity index (χ0v) is 27.5. The zero-order valence-electron chi connectivity index (χ0n) is 26.6. The van der Waals surface area contributed by atoms with Gasteiger partial charge in [0.1, 0.15) is 0 Å². The third-order valence-electron chi connectivity index (χ3n) is 7.93. The van der Waals surface area contributed by atoms with Crippen molar-refractivity contribution >= 4 is 13.2 Å². The van der Waals surface area contributed by atoms with E-state index in [4.69, 9.17) is 0 Å². The molecular weight excluding hydrogens is 471 g/mol.